The Kier molecular flexibility index (Phi) is 2.28. The van der Waals surface area contributed by atoms with Crippen molar-refractivity contribution in [2.75, 3.05) is 13.1 Å². The van der Waals surface area contributed by atoms with Gasteiger partial charge in [0, 0.05) is 25.2 Å². The van der Waals surface area contributed by atoms with E-state index in [2.05, 4.69) is 4.90 Å². The van der Waals surface area contributed by atoms with Gasteiger partial charge in [0.25, 0.3) is 0 Å². The molecule has 1 fully saturated rings. The van der Waals surface area contributed by atoms with Gasteiger partial charge < -0.3 is 10.8 Å². The zero-order chi connectivity index (χ0) is 7.72. The Morgan fingerprint density at radius 1 is 1.50 bits per heavy atom. The molecule has 0 aromatic carbocycles. The van der Waals surface area contributed by atoms with E-state index < -0.39 is 0 Å². The Morgan fingerprint density at radius 2 is 2.00 bits per heavy atom. The van der Waals surface area contributed by atoms with E-state index in [9.17, 15) is 0 Å². The van der Waals surface area contributed by atoms with Crippen molar-refractivity contribution in [1.82, 2.24) is 4.90 Å². The van der Waals surface area contributed by atoms with Gasteiger partial charge in [-0.05, 0) is 13.8 Å². The van der Waals surface area contributed by atoms with E-state index in [1.807, 2.05) is 13.8 Å². The van der Waals surface area contributed by atoms with Crippen molar-refractivity contribution < 1.29 is 5.11 Å². The van der Waals surface area contributed by atoms with Gasteiger partial charge in [-0.2, -0.15) is 0 Å². The summed E-state index contributed by atoms with van der Waals surface area (Å²) >= 11 is 0. The molecule has 0 spiro atoms. The predicted octanol–water partition coefficient (Wildman–Crippen LogP) is -0.601. The minimum absolute atomic E-state index is 0.243. The monoisotopic (exact) mass is 144 g/mol. The van der Waals surface area contributed by atoms with Crippen LogP contribution in [0.5, 0.6) is 0 Å². The van der Waals surface area contributed by atoms with Crippen LogP contribution in [-0.2, 0) is 0 Å². The van der Waals surface area contributed by atoms with E-state index in [0.29, 0.717) is 6.04 Å². The van der Waals surface area contributed by atoms with E-state index >= 15 is 0 Å². The van der Waals surface area contributed by atoms with Crippen molar-refractivity contribution in [2.45, 2.75) is 32.0 Å². The van der Waals surface area contributed by atoms with Gasteiger partial charge in [-0.25, -0.2) is 0 Å². The first-order valence-electron chi connectivity index (χ1n) is 3.79. The Labute approximate surface area is 61.8 Å². The maximum atomic E-state index is 9.16. The maximum Gasteiger partial charge on any atom is 0.0664 e. The highest BCUT2D eigenvalue weighted by atomic mass is 16.3. The predicted molar refractivity (Wildman–Crippen MR) is 40.7 cm³/mol. The molecule has 0 aromatic heterocycles. The SMILES string of the molecule is CC(O)C(C)N1CC(N)C1. The summed E-state index contributed by atoms with van der Waals surface area (Å²) in [5.41, 5.74) is 5.58. The summed E-state index contributed by atoms with van der Waals surface area (Å²) in [6.07, 6.45) is -0.243. The van der Waals surface area contributed by atoms with E-state index in [4.69, 9.17) is 10.8 Å². The van der Waals surface area contributed by atoms with Gasteiger partial charge in [-0.1, -0.05) is 0 Å². The van der Waals surface area contributed by atoms with E-state index in [1.165, 1.54) is 0 Å². The number of nitrogens with zero attached hydrogens (tertiary/aromatic N) is 1. The molecule has 0 aliphatic carbocycles. The van der Waals surface area contributed by atoms with Gasteiger partial charge in [0.2, 0.25) is 0 Å². The Balaban J connectivity index is 2.24. The third-order valence-electron chi connectivity index (χ3n) is 2.21. The van der Waals surface area contributed by atoms with Crippen LogP contribution in [0.25, 0.3) is 0 Å². The fourth-order valence-electron chi connectivity index (χ4n) is 1.19. The van der Waals surface area contributed by atoms with Gasteiger partial charge >= 0.3 is 0 Å². The van der Waals surface area contributed by atoms with Gasteiger partial charge in [0.15, 0.2) is 0 Å². The first-order valence-corrected chi connectivity index (χ1v) is 3.79. The molecule has 1 aliphatic rings. The molecule has 3 nitrogen and oxygen atoms in total. The second kappa shape index (κ2) is 2.86. The van der Waals surface area contributed by atoms with Gasteiger partial charge in [0.05, 0.1) is 6.10 Å². The number of hydrogen-bond donors (Lipinski definition) is 2. The van der Waals surface area contributed by atoms with Crippen LogP contribution in [0.4, 0.5) is 0 Å². The van der Waals surface area contributed by atoms with Gasteiger partial charge in [-0.3, -0.25) is 4.90 Å². The second-order valence-corrected chi connectivity index (χ2v) is 3.20. The lowest BCUT2D eigenvalue weighted by Crippen LogP contribution is -2.60. The fourth-order valence-corrected chi connectivity index (χ4v) is 1.19. The normalized spacial score (nSPS) is 27.6. The Bertz CT molecular complexity index is 110. The smallest absolute Gasteiger partial charge is 0.0664 e. The molecule has 1 heterocycles. The average molecular weight is 144 g/mol. The molecule has 60 valence electrons. The Morgan fingerprint density at radius 3 is 2.30 bits per heavy atom. The van der Waals surface area contributed by atoms with Crippen molar-refractivity contribution in [3.63, 3.8) is 0 Å². The lowest BCUT2D eigenvalue weighted by molar-refractivity contribution is 0.0231. The minimum atomic E-state index is -0.243. The molecule has 0 aromatic rings. The number of aliphatic hydroxyl groups is 1. The summed E-state index contributed by atoms with van der Waals surface area (Å²) in [6.45, 7) is 5.71. The zero-order valence-corrected chi connectivity index (χ0v) is 6.62. The minimum Gasteiger partial charge on any atom is -0.392 e. The van der Waals surface area contributed by atoms with Crippen molar-refractivity contribution in [3.05, 3.63) is 0 Å². The van der Waals surface area contributed by atoms with Crippen LogP contribution in [0.3, 0.4) is 0 Å². The largest absolute Gasteiger partial charge is 0.392 e. The molecule has 0 radical (unpaired) electrons. The van der Waals surface area contributed by atoms with Gasteiger partial charge in [0.1, 0.15) is 0 Å². The fraction of sp³-hybridized carbons (Fsp3) is 1.00. The zero-order valence-electron chi connectivity index (χ0n) is 6.62. The highest BCUT2D eigenvalue weighted by molar-refractivity contribution is 4.87. The lowest BCUT2D eigenvalue weighted by Gasteiger charge is -2.42. The quantitative estimate of drug-likeness (QED) is 0.544. The Hall–Kier alpha value is -0.120. The molecule has 1 saturated heterocycles. The van der Waals surface area contributed by atoms with Crippen LogP contribution in [0.2, 0.25) is 0 Å². The van der Waals surface area contributed by atoms with Crippen molar-refractivity contribution in [3.8, 4) is 0 Å². The first-order chi connectivity index (χ1) is 4.61. The topological polar surface area (TPSA) is 49.5 Å². The molecule has 1 rings (SSSR count). The number of rotatable bonds is 2. The highest BCUT2D eigenvalue weighted by Crippen LogP contribution is 2.12. The number of nitrogens with two attached hydrogens (primary N) is 1. The van der Waals surface area contributed by atoms with Crippen LogP contribution in [0, 0.1) is 0 Å². The third-order valence-corrected chi connectivity index (χ3v) is 2.21. The van der Waals surface area contributed by atoms with Crippen LogP contribution in [0.1, 0.15) is 13.8 Å². The van der Waals surface area contributed by atoms with E-state index in [1.54, 1.807) is 0 Å². The van der Waals surface area contributed by atoms with Crippen molar-refractivity contribution >= 4 is 0 Å². The molecule has 2 atom stereocenters. The van der Waals surface area contributed by atoms with Crippen LogP contribution in [-0.4, -0.2) is 41.3 Å². The lowest BCUT2D eigenvalue weighted by atomic mass is 10.0. The second-order valence-electron chi connectivity index (χ2n) is 3.20. The molecule has 1 aliphatic heterocycles. The molecule has 0 bridgehead atoms. The van der Waals surface area contributed by atoms with Crippen LogP contribution < -0.4 is 5.73 Å². The van der Waals surface area contributed by atoms with Crippen LogP contribution in [0.15, 0.2) is 0 Å². The highest BCUT2D eigenvalue weighted by Gasteiger charge is 2.29. The molecule has 10 heavy (non-hydrogen) atoms. The molecule has 3 heteroatoms. The van der Waals surface area contributed by atoms with Crippen molar-refractivity contribution in [2.24, 2.45) is 5.73 Å². The first kappa shape index (κ1) is 7.98. The molecule has 2 unspecified atom stereocenters. The number of aliphatic hydroxyl groups excluding tert-OH is 1. The van der Waals surface area contributed by atoms with Crippen molar-refractivity contribution in [1.29, 1.82) is 0 Å². The number of likely N-dealkylation sites (tertiary alicyclic amines) is 1. The third kappa shape index (κ3) is 1.48. The molecule has 0 amide bonds. The molecule has 0 saturated carbocycles. The summed E-state index contributed by atoms with van der Waals surface area (Å²) in [5.74, 6) is 0. The summed E-state index contributed by atoms with van der Waals surface area (Å²) in [6, 6.07) is 0.598. The average Bonchev–Trinajstić information content (AvgIpc) is 1.79. The summed E-state index contributed by atoms with van der Waals surface area (Å²) in [5, 5.41) is 9.16. The summed E-state index contributed by atoms with van der Waals surface area (Å²) < 4.78 is 0. The standard InChI is InChI=1S/C7H16N2O/c1-5(6(2)10)9-3-7(8)4-9/h5-7,10H,3-4,8H2,1-2H3. The molecular weight excluding hydrogens is 128 g/mol. The van der Waals surface area contributed by atoms with E-state index in [-0.39, 0.29) is 12.1 Å². The molecule has 3 N–H and O–H groups in total. The number of hydrogen-bond acceptors (Lipinski definition) is 3. The molecular formula is C7H16N2O. The van der Waals surface area contributed by atoms with E-state index in [0.717, 1.165) is 13.1 Å². The maximum absolute atomic E-state index is 9.16. The summed E-state index contributed by atoms with van der Waals surface area (Å²) in [7, 11) is 0. The van der Waals surface area contributed by atoms with Crippen LogP contribution >= 0.6 is 0 Å². The summed E-state index contributed by atoms with van der Waals surface area (Å²) in [4.78, 5) is 2.19. The van der Waals surface area contributed by atoms with Gasteiger partial charge in [-0.15, -0.1) is 0 Å².